The van der Waals surface area contributed by atoms with Crippen molar-refractivity contribution in [2.45, 2.75) is 20.4 Å². The predicted octanol–water partition coefficient (Wildman–Crippen LogP) is 6.04. The summed E-state index contributed by atoms with van der Waals surface area (Å²) in [6.45, 7) is 7.21. The summed E-state index contributed by atoms with van der Waals surface area (Å²) in [6.07, 6.45) is 4.00. The van der Waals surface area contributed by atoms with Crippen LogP contribution >= 0.6 is 0 Å². The van der Waals surface area contributed by atoms with Gasteiger partial charge in [0.1, 0.15) is 11.5 Å². The Balaban J connectivity index is 1.62. The van der Waals surface area contributed by atoms with E-state index in [1.165, 1.54) is 5.56 Å². The van der Waals surface area contributed by atoms with Crippen LogP contribution in [0.4, 0.5) is 0 Å². The first kappa shape index (κ1) is 23.5. The Morgan fingerprint density at radius 3 is 1.62 bits per heavy atom. The number of carbonyl (C=O) groups is 1. The van der Waals surface area contributed by atoms with Crippen molar-refractivity contribution in [2.75, 3.05) is 26.3 Å². The first-order valence-corrected chi connectivity index (χ1v) is 11.8. The van der Waals surface area contributed by atoms with E-state index in [-0.39, 0.29) is 5.78 Å². The number of hydrogen-bond donors (Lipinski definition) is 0. The Hall–Kier alpha value is -3.63. The van der Waals surface area contributed by atoms with E-state index in [2.05, 4.69) is 29.2 Å². The van der Waals surface area contributed by atoms with Crippen LogP contribution in [0.2, 0.25) is 0 Å². The quantitative estimate of drug-likeness (QED) is 0.390. The molecule has 4 nitrogen and oxygen atoms in total. The van der Waals surface area contributed by atoms with Crippen LogP contribution in [-0.4, -0.2) is 37.0 Å². The van der Waals surface area contributed by atoms with Gasteiger partial charge in [0.2, 0.25) is 0 Å². The van der Waals surface area contributed by atoms with Crippen molar-refractivity contribution in [2.24, 2.45) is 0 Å². The number of ketones is 1. The van der Waals surface area contributed by atoms with Crippen LogP contribution in [0.25, 0.3) is 12.2 Å². The zero-order valence-electron chi connectivity index (χ0n) is 19.9. The van der Waals surface area contributed by atoms with Crippen LogP contribution in [0.1, 0.15) is 30.5 Å². The summed E-state index contributed by atoms with van der Waals surface area (Å²) in [5.41, 5.74) is 4.81. The van der Waals surface area contributed by atoms with Gasteiger partial charge in [0.05, 0.1) is 13.2 Å². The normalized spacial score (nSPS) is 16.7. The number of ether oxygens (including phenoxy) is 2. The van der Waals surface area contributed by atoms with E-state index in [4.69, 9.17) is 9.47 Å². The van der Waals surface area contributed by atoms with Crippen LogP contribution in [0.5, 0.6) is 11.5 Å². The summed E-state index contributed by atoms with van der Waals surface area (Å²) in [6, 6.07) is 26.2. The Bertz CT molecular complexity index is 1070. The number of benzene rings is 3. The van der Waals surface area contributed by atoms with Crippen LogP contribution in [-0.2, 0) is 11.3 Å². The Kier molecular flexibility index (Phi) is 7.95. The standard InChI is InChI=1S/C30H31NO3/c1-3-33-28-14-10-23(11-15-28)18-26-21-31(20-25-8-6-5-7-9-25)22-27(30(26)32)19-24-12-16-29(17-13-24)34-4-2/h5-19H,3-4,20-22H2,1-2H3/b26-18-,27-19+. The van der Waals surface area contributed by atoms with Gasteiger partial charge in [0.15, 0.2) is 5.78 Å². The summed E-state index contributed by atoms with van der Waals surface area (Å²) in [7, 11) is 0. The number of likely N-dealkylation sites (tertiary alicyclic amines) is 1. The fourth-order valence-corrected chi connectivity index (χ4v) is 4.12. The SMILES string of the molecule is CCOc1ccc(/C=C2/CN(Cc3ccccc3)C/C(=C\c3ccc(OCC)cc3)C2=O)cc1. The lowest BCUT2D eigenvalue weighted by atomic mass is 9.94. The minimum Gasteiger partial charge on any atom is -0.494 e. The van der Waals surface area contributed by atoms with Crippen molar-refractivity contribution in [3.8, 4) is 11.5 Å². The van der Waals surface area contributed by atoms with E-state index in [9.17, 15) is 4.79 Å². The van der Waals surface area contributed by atoms with Crippen LogP contribution in [0, 0.1) is 0 Å². The maximum absolute atomic E-state index is 13.5. The molecular formula is C30H31NO3. The fourth-order valence-electron chi connectivity index (χ4n) is 4.12. The molecule has 1 aliphatic rings. The average molecular weight is 454 g/mol. The smallest absolute Gasteiger partial charge is 0.187 e. The molecule has 34 heavy (non-hydrogen) atoms. The summed E-state index contributed by atoms with van der Waals surface area (Å²) in [5.74, 6) is 1.77. The molecule has 1 heterocycles. The van der Waals surface area contributed by atoms with Gasteiger partial charge in [0, 0.05) is 30.8 Å². The second kappa shape index (κ2) is 11.5. The molecule has 0 atom stereocenters. The molecule has 0 aliphatic carbocycles. The predicted molar refractivity (Wildman–Crippen MR) is 138 cm³/mol. The van der Waals surface area contributed by atoms with Crippen molar-refractivity contribution >= 4 is 17.9 Å². The van der Waals surface area contributed by atoms with Crippen LogP contribution in [0.3, 0.4) is 0 Å². The average Bonchev–Trinajstić information content (AvgIpc) is 2.85. The maximum Gasteiger partial charge on any atom is 0.187 e. The second-order valence-corrected chi connectivity index (χ2v) is 8.30. The third kappa shape index (κ3) is 6.24. The molecule has 4 heteroatoms. The van der Waals surface area contributed by atoms with E-state index in [1.807, 2.05) is 80.6 Å². The molecule has 3 aromatic carbocycles. The minimum absolute atomic E-state index is 0.104. The van der Waals surface area contributed by atoms with Crippen LogP contribution < -0.4 is 9.47 Å². The number of hydrogen-bond acceptors (Lipinski definition) is 4. The Labute approximate surface area is 202 Å². The van der Waals surface area contributed by atoms with E-state index < -0.39 is 0 Å². The second-order valence-electron chi connectivity index (χ2n) is 8.30. The molecule has 0 spiro atoms. The molecule has 4 rings (SSSR count). The highest BCUT2D eigenvalue weighted by Gasteiger charge is 2.26. The van der Waals surface area contributed by atoms with Gasteiger partial charge < -0.3 is 9.47 Å². The molecule has 0 saturated carbocycles. The van der Waals surface area contributed by atoms with Gasteiger partial charge in [-0.05, 0) is 67.0 Å². The van der Waals surface area contributed by atoms with Crippen molar-refractivity contribution in [3.63, 3.8) is 0 Å². The van der Waals surface area contributed by atoms with Crippen LogP contribution in [0.15, 0.2) is 90.0 Å². The largest absolute Gasteiger partial charge is 0.494 e. The molecule has 0 amide bonds. The lowest BCUT2D eigenvalue weighted by Gasteiger charge is -2.30. The summed E-state index contributed by atoms with van der Waals surface area (Å²) in [5, 5.41) is 0. The van der Waals surface area contributed by atoms with Crippen molar-refractivity contribution < 1.29 is 14.3 Å². The molecule has 1 saturated heterocycles. The highest BCUT2D eigenvalue weighted by Crippen LogP contribution is 2.25. The molecule has 0 bridgehead atoms. The van der Waals surface area contributed by atoms with Gasteiger partial charge in [-0.2, -0.15) is 0 Å². The van der Waals surface area contributed by atoms with Gasteiger partial charge in [-0.15, -0.1) is 0 Å². The number of nitrogens with zero attached hydrogens (tertiary/aromatic N) is 1. The van der Waals surface area contributed by atoms with Gasteiger partial charge in [0.25, 0.3) is 0 Å². The Morgan fingerprint density at radius 2 is 1.18 bits per heavy atom. The maximum atomic E-state index is 13.5. The summed E-state index contributed by atoms with van der Waals surface area (Å²) in [4.78, 5) is 15.8. The molecule has 0 N–H and O–H groups in total. The highest BCUT2D eigenvalue weighted by molar-refractivity contribution is 6.14. The number of Topliss-reactive ketones (excluding diaryl/α,β-unsaturated/α-hetero) is 1. The molecule has 0 radical (unpaired) electrons. The molecule has 0 aromatic heterocycles. The zero-order chi connectivity index (χ0) is 23.8. The number of piperidine rings is 1. The molecular weight excluding hydrogens is 422 g/mol. The van der Waals surface area contributed by atoms with Gasteiger partial charge in [-0.25, -0.2) is 0 Å². The number of rotatable bonds is 8. The molecule has 0 unspecified atom stereocenters. The van der Waals surface area contributed by atoms with Gasteiger partial charge >= 0.3 is 0 Å². The highest BCUT2D eigenvalue weighted by atomic mass is 16.5. The van der Waals surface area contributed by atoms with Gasteiger partial charge in [-0.3, -0.25) is 9.69 Å². The monoisotopic (exact) mass is 453 g/mol. The molecule has 174 valence electrons. The fraction of sp³-hybridized carbons (Fsp3) is 0.233. The van der Waals surface area contributed by atoms with E-state index in [0.29, 0.717) is 26.3 Å². The first-order chi connectivity index (χ1) is 16.6. The van der Waals surface area contributed by atoms with Crippen molar-refractivity contribution in [3.05, 3.63) is 107 Å². The molecule has 1 aliphatic heterocycles. The van der Waals surface area contributed by atoms with E-state index >= 15 is 0 Å². The van der Waals surface area contributed by atoms with Crippen molar-refractivity contribution in [1.82, 2.24) is 4.90 Å². The lowest BCUT2D eigenvalue weighted by molar-refractivity contribution is -0.113. The minimum atomic E-state index is 0.104. The molecule has 3 aromatic rings. The lowest BCUT2D eigenvalue weighted by Crippen LogP contribution is -2.37. The topological polar surface area (TPSA) is 38.8 Å². The number of carbonyl (C=O) groups excluding carboxylic acids is 1. The molecule has 1 fully saturated rings. The first-order valence-electron chi connectivity index (χ1n) is 11.8. The van der Waals surface area contributed by atoms with Crippen molar-refractivity contribution in [1.29, 1.82) is 0 Å². The summed E-state index contributed by atoms with van der Waals surface area (Å²) < 4.78 is 11.1. The summed E-state index contributed by atoms with van der Waals surface area (Å²) >= 11 is 0. The third-order valence-electron chi connectivity index (χ3n) is 5.68. The van der Waals surface area contributed by atoms with Gasteiger partial charge in [-0.1, -0.05) is 54.6 Å². The van der Waals surface area contributed by atoms with E-state index in [1.54, 1.807) is 0 Å². The zero-order valence-corrected chi connectivity index (χ0v) is 19.9. The third-order valence-corrected chi connectivity index (χ3v) is 5.68. The Morgan fingerprint density at radius 1 is 0.706 bits per heavy atom. The van der Waals surface area contributed by atoms with E-state index in [0.717, 1.165) is 40.3 Å².